The summed E-state index contributed by atoms with van der Waals surface area (Å²) in [5, 5.41) is 0. The fraction of sp³-hybridized carbons (Fsp3) is 0.227. The van der Waals surface area contributed by atoms with Crippen molar-refractivity contribution in [3.05, 3.63) is 65.1 Å². The lowest BCUT2D eigenvalue weighted by Crippen LogP contribution is -2.04. The summed E-state index contributed by atoms with van der Waals surface area (Å²) in [4.78, 5) is 13.0. The van der Waals surface area contributed by atoms with E-state index in [1.54, 1.807) is 30.7 Å². The third-order valence-corrected chi connectivity index (χ3v) is 4.87. The second kappa shape index (κ2) is 9.46. The van der Waals surface area contributed by atoms with Crippen molar-refractivity contribution in [2.45, 2.75) is 20.3 Å². The number of anilines is 1. The molecule has 0 fully saturated rings. The Balaban J connectivity index is 2.08. The van der Waals surface area contributed by atoms with Crippen LogP contribution in [-0.2, 0) is 17.4 Å². The predicted octanol–water partition coefficient (Wildman–Crippen LogP) is 3.66. The molecule has 1 atom stereocenters. The Hall–Kier alpha value is -3.31. The van der Waals surface area contributed by atoms with Crippen molar-refractivity contribution in [1.82, 2.24) is 15.0 Å². The van der Waals surface area contributed by atoms with Gasteiger partial charge in [0.2, 0.25) is 0 Å². The number of methoxy groups -OCH3 is 1. The van der Waals surface area contributed by atoms with Gasteiger partial charge in [-0.3, -0.25) is 4.98 Å². The number of nitrogens with one attached hydrogen (secondary N) is 1. The molecule has 0 saturated heterocycles. The third kappa shape index (κ3) is 4.81. The summed E-state index contributed by atoms with van der Waals surface area (Å²) in [7, 11) is 0.201. The van der Waals surface area contributed by atoms with Crippen molar-refractivity contribution in [3.8, 4) is 28.8 Å². The zero-order valence-electron chi connectivity index (χ0n) is 17.1. The van der Waals surface area contributed by atoms with Crippen LogP contribution in [0.3, 0.4) is 0 Å². The van der Waals surface area contributed by atoms with E-state index in [0.29, 0.717) is 34.5 Å². The number of hydrogen-bond donors (Lipinski definition) is 1. The number of aryl methyl sites for hydroxylation is 2. The molecule has 0 aliphatic rings. The molecule has 3 rings (SSSR count). The van der Waals surface area contributed by atoms with E-state index in [4.69, 9.17) is 4.74 Å². The minimum atomic E-state index is -1.22. The summed E-state index contributed by atoms with van der Waals surface area (Å²) < 4.78 is 33.6. The van der Waals surface area contributed by atoms with Crippen molar-refractivity contribution < 1.29 is 13.3 Å². The van der Waals surface area contributed by atoms with Crippen molar-refractivity contribution in [3.63, 3.8) is 0 Å². The Labute approximate surface area is 177 Å². The highest BCUT2D eigenvalue weighted by atomic mass is 32.2. The Bertz CT molecular complexity index is 1170. The van der Waals surface area contributed by atoms with Crippen LogP contribution in [0.15, 0.2) is 36.8 Å². The average molecular weight is 425 g/mol. The first-order chi connectivity index (χ1) is 14.4. The fourth-order valence-electron chi connectivity index (χ4n) is 2.85. The van der Waals surface area contributed by atoms with Gasteiger partial charge in [-0.1, -0.05) is 18.8 Å². The predicted molar refractivity (Wildman–Crippen MR) is 116 cm³/mol. The van der Waals surface area contributed by atoms with E-state index in [1.807, 2.05) is 13.8 Å². The molecule has 2 heterocycles. The molecule has 2 aromatic heterocycles. The standard InChI is InChI=1S/C22H21FN4O2S/c1-5-19-17(8-6-15-10-20(27-30(4)28)14(2)24-12-15)22(26-13-25-19)16-7-9-21(29-3)18(23)11-16/h7,9-13,27H,5H2,1-4H3. The molecular weight excluding hydrogens is 403 g/mol. The van der Waals surface area contributed by atoms with Crippen LogP contribution in [0.1, 0.15) is 29.4 Å². The lowest BCUT2D eigenvalue weighted by atomic mass is 10.0. The van der Waals surface area contributed by atoms with Crippen LogP contribution in [0.4, 0.5) is 10.1 Å². The highest BCUT2D eigenvalue weighted by Gasteiger charge is 2.13. The monoisotopic (exact) mass is 424 g/mol. The molecule has 0 amide bonds. The van der Waals surface area contributed by atoms with E-state index in [2.05, 4.69) is 31.5 Å². The van der Waals surface area contributed by atoms with Gasteiger partial charge in [0.15, 0.2) is 11.6 Å². The van der Waals surface area contributed by atoms with Crippen LogP contribution in [0.25, 0.3) is 11.3 Å². The third-order valence-electron chi connectivity index (χ3n) is 4.36. The molecule has 6 nitrogen and oxygen atoms in total. The molecule has 0 aliphatic heterocycles. The first kappa shape index (κ1) is 21.4. The zero-order chi connectivity index (χ0) is 21.7. The summed E-state index contributed by atoms with van der Waals surface area (Å²) in [6, 6.07) is 6.46. The average Bonchev–Trinajstić information content (AvgIpc) is 2.73. The van der Waals surface area contributed by atoms with Crippen LogP contribution < -0.4 is 9.46 Å². The van der Waals surface area contributed by atoms with Gasteiger partial charge in [0.25, 0.3) is 0 Å². The molecule has 3 aromatic rings. The Morgan fingerprint density at radius 1 is 1.20 bits per heavy atom. The molecule has 1 N–H and O–H groups in total. The van der Waals surface area contributed by atoms with E-state index in [-0.39, 0.29) is 5.75 Å². The minimum Gasteiger partial charge on any atom is -0.494 e. The zero-order valence-corrected chi connectivity index (χ0v) is 17.9. The van der Waals surface area contributed by atoms with Crippen LogP contribution in [-0.4, -0.2) is 32.5 Å². The van der Waals surface area contributed by atoms with Gasteiger partial charge in [0, 0.05) is 23.6 Å². The van der Waals surface area contributed by atoms with Gasteiger partial charge in [-0.25, -0.2) is 18.6 Å². The number of pyridine rings is 1. The number of hydrogen-bond acceptors (Lipinski definition) is 5. The SMILES string of the molecule is CCc1ncnc(-c2ccc(OC)c(F)c2)c1C#Cc1cnc(C)c(NS(C)=O)c1. The molecule has 0 radical (unpaired) electrons. The first-order valence-electron chi connectivity index (χ1n) is 9.19. The quantitative estimate of drug-likeness (QED) is 0.633. The number of rotatable bonds is 5. The fourth-order valence-corrected chi connectivity index (χ4v) is 3.36. The Kier molecular flexibility index (Phi) is 6.75. The molecular formula is C22H21FN4O2S. The van der Waals surface area contributed by atoms with E-state index >= 15 is 0 Å². The number of aromatic nitrogens is 3. The molecule has 0 saturated carbocycles. The molecule has 0 bridgehead atoms. The van der Waals surface area contributed by atoms with Crippen LogP contribution in [0, 0.1) is 24.6 Å². The summed E-state index contributed by atoms with van der Waals surface area (Å²) >= 11 is 0. The van der Waals surface area contributed by atoms with Crippen molar-refractivity contribution in [1.29, 1.82) is 0 Å². The molecule has 1 aromatic carbocycles. The van der Waals surface area contributed by atoms with Crippen LogP contribution in [0.2, 0.25) is 0 Å². The van der Waals surface area contributed by atoms with E-state index in [0.717, 1.165) is 11.4 Å². The smallest absolute Gasteiger partial charge is 0.165 e. The Morgan fingerprint density at radius 3 is 2.67 bits per heavy atom. The maximum absolute atomic E-state index is 14.2. The van der Waals surface area contributed by atoms with Crippen molar-refractivity contribution in [2.75, 3.05) is 18.1 Å². The number of benzene rings is 1. The molecule has 8 heteroatoms. The summed E-state index contributed by atoms with van der Waals surface area (Å²) in [6.07, 6.45) is 5.29. The van der Waals surface area contributed by atoms with Crippen LogP contribution in [0.5, 0.6) is 5.75 Å². The summed E-state index contributed by atoms with van der Waals surface area (Å²) in [5.74, 6) is 5.88. The van der Waals surface area contributed by atoms with Gasteiger partial charge in [-0.2, -0.15) is 0 Å². The summed E-state index contributed by atoms with van der Waals surface area (Å²) in [6.45, 7) is 3.79. The molecule has 154 valence electrons. The van der Waals surface area contributed by atoms with E-state index in [1.165, 1.54) is 19.5 Å². The number of halogens is 1. The molecule has 30 heavy (non-hydrogen) atoms. The van der Waals surface area contributed by atoms with Gasteiger partial charge < -0.3 is 9.46 Å². The van der Waals surface area contributed by atoms with E-state index < -0.39 is 16.8 Å². The Morgan fingerprint density at radius 2 is 2.00 bits per heavy atom. The van der Waals surface area contributed by atoms with Gasteiger partial charge in [0.05, 0.1) is 35.4 Å². The first-order valence-corrected chi connectivity index (χ1v) is 10.7. The lowest BCUT2D eigenvalue weighted by Gasteiger charge is -2.09. The maximum atomic E-state index is 14.2. The largest absolute Gasteiger partial charge is 0.494 e. The highest BCUT2D eigenvalue weighted by Crippen LogP contribution is 2.27. The second-order valence-electron chi connectivity index (χ2n) is 6.41. The van der Waals surface area contributed by atoms with Gasteiger partial charge in [0.1, 0.15) is 17.3 Å². The van der Waals surface area contributed by atoms with Crippen LogP contribution >= 0.6 is 0 Å². The normalized spacial score (nSPS) is 11.4. The van der Waals surface area contributed by atoms with Crippen molar-refractivity contribution >= 4 is 16.7 Å². The highest BCUT2D eigenvalue weighted by molar-refractivity contribution is 7.85. The van der Waals surface area contributed by atoms with Gasteiger partial charge in [-0.05, 0) is 37.6 Å². The molecule has 0 aliphatic carbocycles. The molecule has 0 spiro atoms. The van der Waals surface area contributed by atoms with Gasteiger partial charge >= 0.3 is 0 Å². The number of ether oxygens (including phenoxy) is 1. The maximum Gasteiger partial charge on any atom is 0.165 e. The number of nitrogens with zero attached hydrogens (tertiary/aromatic N) is 3. The molecule has 1 unspecified atom stereocenters. The van der Waals surface area contributed by atoms with Gasteiger partial charge in [-0.15, -0.1) is 0 Å². The topological polar surface area (TPSA) is 77.0 Å². The lowest BCUT2D eigenvalue weighted by molar-refractivity contribution is 0.386. The van der Waals surface area contributed by atoms with Crippen molar-refractivity contribution in [2.24, 2.45) is 0 Å². The summed E-state index contributed by atoms with van der Waals surface area (Å²) in [5.41, 5.74) is 4.54. The van der Waals surface area contributed by atoms with E-state index in [9.17, 15) is 8.60 Å². The second-order valence-corrected chi connectivity index (χ2v) is 7.52. The minimum absolute atomic E-state index is 0.162.